The molecule has 0 aliphatic carbocycles. The molecule has 0 N–H and O–H groups in total. The number of para-hydroxylation sites is 2. The van der Waals surface area contributed by atoms with Crippen LogP contribution in [0.1, 0.15) is 20.9 Å². The lowest BCUT2D eigenvalue weighted by molar-refractivity contribution is 1.28. The molecule has 0 amide bonds. The van der Waals surface area contributed by atoms with E-state index in [0.717, 1.165) is 54.5 Å². The molecule has 0 atom stereocenters. The normalized spacial score (nSPS) is 11.1. The van der Waals surface area contributed by atoms with Crippen LogP contribution in [0.3, 0.4) is 0 Å². The molecule has 0 saturated heterocycles. The lowest BCUT2D eigenvalue weighted by atomic mass is 10.0. The minimum absolute atomic E-state index is 0.455. The van der Waals surface area contributed by atoms with Crippen molar-refractivity contribution in [1.82, 2.24) is 8.75 Å². The quantitative estimate of drug-likeness (QED) is 0.163. The third-order valence-corrected chi connectivity index (χ3v) is 10.1. The van der Waals surface area contributed by atoms with Crippen LogP contribution in [0, 0.1) is 29.6 Å². The number of thiophene rings is 2. The highest BCUT2D eigenvalue weighted by Gasteiger charge is 2.17. The van der Waals surface area contributed by atoms with E-state index in [-0.39, 0.29) is 0 Å². The highest BCUT2D eigenvalue weighted by molar-refractivity contribution is 7.17. The zero-order valence-corrected chi connectivity index (χ0v) is 26.3. The summed E-state index contributed by atoms with van der Waals surface area (Å²) in [5.74, 6) is 0. The number of benzene rings is 4. The van der Waals surface area contributed by atoms with E-state index in [9.17, 15) is 10.5 Å². The Morgan fingerprint density at radius 3 is 1.96 bits per heavy atom. The van der Waals surface area contributed by atoms with Gasteiger partial charge in [-0.15, -0.1) is 22.7 Å². The van der Waals surface area contributed by atoms with E-state index in [0.29, 0.717) is 21.0 Å². The van der Waals surface area contributed by atoms with Crippen molar-refractivity contribution in [1.29, 1.82) is 10.5 Å². The first-order valence-corrected chi connectivity index (χ1v) is 16.3. The summed E-state index contributed by atoms with van der Waals surface area (Å²) in [6.45, 7) is 1.78. The van der Waals surface area contributed by atoms with Crippen molar-refractivity contribution >= 4 is 73.7 Å². The third kappa shape index (κ3) is 5.41. The lowest BCUT2D eigenvalue weighted by Crippen LogP contribution is -2.09. The predicted molar refractivity (Wildman–Crippen MR) is 187 cm³/mol. The number of hydrogen-bond donors (Lipinski definition) is 0. The van der Waals surface area contributed by atoms with E-state index in [4.69, 9.17) is 4.37 Å². The maximum Gasteiger partial charge on any atom is 0.135 e. The molecule has 0 radical (unpaired) electrons. The van der Waals surface area contributed by atoms with Gasteiger partial charge in [0.25, 0.3) is 0 Å². The number of hydrogen-bond acceptors (Lipinski definition) is 9. The van der Waals surface area contributed by atoms with Crippen LogP contribution in [0.2, 0.25) is 0 Å². The van der Waals surface area contributed by atoms with Gasteiger partial charge < -0.3 is 4.90 Å². The summed E-state index contributed by atoms with van der Waals surface area (Å²) in [7, 11) is 0. The minimum Gasteiger partial charge on any atom is -0.311 e. The highest BCUT2D eigenvalue weighted by Crippen LogP contribution is 2.40. The maximum absolute atomic E-state index is 9.54. The van der Waals surface area contributed by atoms with Gasteiger partial charge in [0.2, 0.25) is 0 Å². The van der Waals surface area contributed by atoms with Gasteiger partial charge in [-0.05, 0) is 66.6 Å². The molecule has 4 aromatic carbocycles. The van der Waals surface area contributed by atoms with Gasteiger partial charge in [0.15, 0.2) is 0 Å². The van der Waals surface area contributed by atoms with Crippen LogP contribution in [-0.4, -0.2) is 15.0 Å². The Morgan fingerprint density at radius 1 is 0.689 bits per heavy atom. The van der Waals surface area contributed by atoms with Gasteiger partial charge in [0, 0.05) is 44.2 Å². The Labute approximate surface area is 272 Å². The molecular weight excluding hydrogens is 613 g/mol. The molecule has 0 bridgehead atoms. The number of aliphatic imine (C=N–C) groups is 1. The van der Waals surface area contributed by atoms with Crippen molar-refractivity contribution in [2.24, 2.45) is 4.99 Å². The molecule has 0 aliphatic heterocycles. The summed E-state index contributed by atoms with van der Waals surface area (Å²) < 4.78 is 9.38. The molecule has 0 aliphatic rings. The monoisotopic (exact) mass is 634 g/mol. The number of rotatable bonds is 7. The van der Waals surface area contributed by atoms with Gasteiger partial charge in [0.1, 0.15) is 33.1 Å². The van der Waals surface area contributed by atoms with Gasteiger partial charge in [-0.3, -0.25) is 0 Å². The molecule has 0 fully saturated rings. The van der Waals surface area contributed by atoms with E-state index in [1.807, 2.05) is 18.2 Å². The second-order valence-corrected chi connectivity index (χ2v) is 12.7. The summed E-state index contributed by atoms with van der Waals surface area (Å²) in [4.78, 5) is 9.30. The standard InChI is InChI=1S/C36H22N6S3/c1-23-31(20-37)36(44-33(23)21-38)39-22-28-16-19-32(43-28)30-18-17-29(34-35(30)41-45-40-34)24-12-14-27(15-13-24)42(25-8-4-2-5-9-25)26-10-6-3-7-11-26/h2-19,22H,1H3/b39-22+. The van der Waals surface area contributed by atoms with Crippen LogP contribution in [0.5, 0.6) is 0 Å². The predicted octanol–water partition coefficient (Wildman–Crippen LogP) is 10.4. The molecule has 214 valence electrons. The Hall–Kier alpha value is -5.45. The van der Waals surface area contributed by atoms with Crippen LogP contribution in [0.15, 0.2) is 114 Å². The third-order valence-electron chi connectivity index (χ3n) is 7.42. The van der Waals surface area contributed by atoms with Crippen LogP contribution in [0.25, 0.3) is 32.6 Å². The summed E-state index contributed by atoms with van der Waals surface area (Å²) in [6, 6.07) is 41.9. The van der Waals surface area contributed by atoms with Gasteiger partial charge in [-0.1, -0.05) is 60.7 Å². The van der Waals surface area contributed by atoms with Crippen LogP contribution < -0.4 is 4.90 Å². The Kier molecular flexibility index (Phi) is 7.73. The lowest BCUT2D eigenvalue weighted by Gasteiger charge is -2.25. The zero-order chi connectivity index (χ0) is 30.8. The zero-order valence-electron chi connectivity index (χ0n) is 23.9. The molecule has 3 aromatic heterocycles. The smallest absolute Gasteiger partial charge is 0.135 e. The van der Waals surface area contributed by atoms with Crippen molar-refractivity contribution in [2.75, 3.05) is 4.90 Å². The first-order chi connectivity index (χ1) is 22.1. The Bertz CT molecular complexity index is 2210. The van der Waals surface area contributed by atoms with E-state index in [1.54, 1.807) is 24.5 Å². The minimum atomic E-state index is 0.455. The fourth-order valence-electron chi connectivity index (χ4n) is 5.21. The largest absolute Gasteiger partial charge is 0.311 e. The Balaban J connectivity index is 1.19. The summed E-state index contributed by atoms with van der Waals surface area (Å²) in [5.41, 5.74) is 9.23. The topological polar surface area (TPSA) is 89.0 Å². The van der Waals surface area contributed by atoms with Crippen molar-refractivity contribution in [3.05, 3.63) is 130 Å². The van der Waals surface area contributed by atoms with Crippen molar-refractivity contribution in [3.8, 4) is 33.7 Å². The van der Waals surface area contributed by atoms with Gasteiger partial charge in [0.05, 0.1) is 17.3 Å². The van der Waals surface area contributed by atoms with E-state index < -0.39 is 0 Å². The molecule has 7 rings (SSSR count). The van der Waals surface area contributed by atoms with Crippen molar-refractivity contribution in [2.45, 2.75) is 6.92 Å². The van der Waals surface area contributed by atoms with Crippen LogP contribution in [-0.2, 0) is 0 Å². The van der Waals surface area contributed by atoms with Gasteiger partial charge in [-0.25, -0.2) is 4.99 Å². The van der Waals surface area contributed by atoms with E-state index >= 15 is 0 Å². The molecule has 7 aromatic rings. The number of fused-ring (bicyclic) bond motifs is 1. The average molecular weight is 635 g/mol. The van der Waals surface area contributed by atoms with Crippen LogP contribution in [0.4, 0.5) is 22.1 Å². The first-order valence-electron chi connectivity index (χ1n) is 14.0. The van der Waals surface area contributed by atoms with Crippen molar-refractivity contribution < 1.29 is 0 Å². The Morgan fingerprint density at radius 2 is 1.31 bits per heavy atom. The summed E-state index contributed by atoms with van der Waals surface area (Å²) in [6.07, 6.45) is 1.75. The summed E-state index contributed by atoms with van der Waals surface area (Å²) >= 11 is 4.05. The molecule has 0 spiro atoms. The molecule has 0 saturated carbocycles. The number of nitrogens with zero attached hydrogens (tertiary/aromatic N) is 6. The highest BCUT2D eigenvalue weighted by atomic mass is 32.1. The van der Waals surface area contributed by atoms with Gasteiger partial charge in [-0.2, -0.15) is 19.3 Å². The number of nitriles is 2. The fraction of sp³-hybridized carbons (Fsp3) is 0.0278. The van der Waals surface area contributed by atoms with E-state index in [1.165, 1.54) is 23.1 Å². The number of aromatic nitrogens is 2. The maximum atomic E-state index is 9.54. The average Bonchev–Trinajstić information content (AvgIpc) is 3.84. The second kappa shape index (κ2) is 12.3. The SMILES string of the molecule is Cc1c(C#N)sc(/N=C/c2ccc(-c3ccc(-c4ccc(N(c5ccccc5)c5ccccc5)cc4)c4nsnc34)s2)c1C#N. The molecule has 9 heteroatoms. The van der Waals surface area contributed by atoms with Crippen LogP contribution >= 0.6 is 34.4 Å². The van der Waals surface area contributed by atoms with Crippen molar-refractivity contribution in [3.63, 3.8) is 0 Å². The molecule has 45 heavy (non-hydrogen) atoms. The first kappa shape index (κ1) is 28.3. The fourth-order valence-corrected chi connectivity index (χ4v) is 7.59. The van der Waals surface area contributed by atoms with E-state index in [2.05, 4.69) is 117 Å². The second-order valence-electron chi connectivity index (χ2n) is 10.1. The molecular formula is C36H22N6S3. The number of anilines is 3. The summed E-state index contributed by atoms with van der Waals surface area (Å²) in [5, 5.41) is 19.4. The molecule has 6 nitrogen and oxygen atoms in total. The molecule has 0 unspecified atom stereocenters. The van der Waals surface area contributed by atoms with Gasteiger partial charge >= 0.3 is 0 Å². The molecule has 3 heterocycles.